The lowest BCUT2D eigenvalue weighted by Crippen LogP contribution is -2.43. The second kappa shape index (κ2) is 5.01. The lowest BCUT2D eigenvalue weighted by molar-refractivity contribution is -0.364. The number of ketones is 1. The number of halogens is 2. The first-order chi connectivity index (χ1) is 7.83. The second-order valence-electron chi connectivity index (χ2n) is 3.35. The number of hydrogen-bond donors (Lipinski definition) is 0. The average molecular weight is 243 g/mol. The zero-order valence-electron chi connectivity index (χ0n) is 8.91. The van der Waals surface area contributed by atoms with Crippen molar-refractivity contribution >= 4 is 11.8 Å². The molecule has 0 aromatic heterocycles. The average Bonchev–Trinajstić information content (AvgIpc) is 2.27. The molecule has 0 aliphatic heterocycles. The Morgan fingerprint density at radius 1 is 1.29 bits per heavy atom. The minimum Gasteiger partial charge on any atom is -0.542 e. The number of carboxylic acids is 1. The molecule has 0 aliphatic carbocycles. The van der Waals surface area contributed by atoms with Gasteiger partial charge in [0.25, 0.3) is 0 Å². The molecule has 0 atom stereocenters. The molecule has 0 saturated heterocycles. The Labute approximate surface area is 95.8 Å². The monoisotopic (exact) mass is 243 g/mol. The molecular formula is C11H9F2O4-. The molecule has 0 amide bonds. The Balaban J connectivity index is 2.65. The van der Waals surface area contributed by atoms with Gasteiger partial charge in [-0.2, -0.15) is 8.78 Å². The predicted molar refractivity (Wildman–Crippen MR) is 51.2 cm³/mol. The highest BCUT2D eigenvalue weighted by Gasteiger charge is 2.32. The first-order valence-electron chi connectivity index (χ1n) is 4.66. The molecule has 17 heavy (non-hydrogen) atoms. The zero-order chi connectivity index (χ0) is 13.1. The molecule has 1 aromatic carbocycles. The van der Waals surface area contributed by atoms with E-state index in [-0.39, 0.29) is 5.78 Å². The van der Waals surface area contributed by atoms with Crippen molar-refractivity contribution in [1.29, 1.82) is 0 Å². The number of aliphatic carboxylic acids is 1. The van der Waals surface area contributed by atoms with Crippen LogP contribution in [0.3, 0.4) is 0 Å². The van der Waals surface area contributed by atoms with E-state index in [1.165, 1.54) is 31.2 Å². The van der Waals surface area contributed by atoms with Crippen LogP contribution in [0.15, 0.2) is 24.3 Å². The van der Waals surface area contributed by atoms with Crippen LogP contribution >= 0.6 is 0 Å². The summed E-state index contributed by atoms with van der Waals surface area (Å²) in [6.45, 7) is 0.787. The number of ether oxygens (including phenoxy) is 1. The fraction of sp³-hybridized carbons (Fsp3) is 0.273. The van der Waals surface area contributed by atoms with Crippen LogP contribution in [0, 0.1) is 0 Å². The van der Waals surface area contributed by atoms with E-state index in [0.717, 1.165) is 0 Å². The normalized spacial score (nSPS) is 11.2. The van der Waals surface area contributed by atoms with Crippen LogP contribution in [-0.4, -0.2) is 17.9 Å². The molecule has 4 nitrogen and oxygen atoms in total. The van der Waals surface area contributed by atoms with Gasteiger partial charge in [-0.25, -0.2) is 0 Å². The standard InChI is InChI=1S/C11H10F2O4/c1-7(14)9-4-2-8(3-5-9)6-17-11(12,13)10(15)16/h2-5H,6H2,1H3,(H,15,16)/p-1. The number of benzene rings is 1. The maximum absolute atomic E-state index is 12.5. The van der Waals surface area contributed by atoms with Gasteiger partial charge in [0.2, 0.25) is 0 Å². The highest BCUT2D eigenvalue weighted by molar-refractivity contribution is 5.93. The van der Waals surface area contributed by atoms with Gasteiger partial charge in [0.15, 0.2) is 5.78 Å². The maximum atomic E-state index is 12.5. The van der Waals surface area contributed by atoms with Crippen molar-refractivity contribution in [3.05, 3.63) is 35.4 Å². The van der Waals surface area contributed by atoms with Gasteiger partial charge in [-0.05, 0) is 12.5 Å². The topological polar surface area (TPSA) is 66.4 Å². The molecule has 0 saturated carbocycles. The summed E-state index contributed by atoms with van der Waals surface area (Å²) >= 11 is 0. The molecule has 92 valence electrons. The van der Waals surface area contributed by atoms with E-state index in [0.29, 0.717) is 11.1 Å². The largest absolute Gasteiger partial charge is 0.542 e. The van der Waals surface area contributed by atoms with Crippen molar-refractivity contribution in [3.63, 3.8) is 0 Å². The summed E-state index contributed by atoms with van der Waals surface area (Å²) in [5.41, 5.74) is 0.760. The number of alkyl halides is 2. The van der Waals surface area contributed by atoms with E-state index >= 15 is 0 Å². The molecule has 0 N–H and O–H groups in total. The molecule has 0 aliphatic rings. The van der Waals surface area contributed by atoms with E-state index in [1.807, 2.05) is 0 Å². The van der Waals surface area contributed by atoms with Crippen LogP contribution in [0.25, 0.3) is 0 Å². The minimum atomic E-state index is -4.32. The Bertz CT molecular complexity index is 426. The van der Waals surface area contributed by atoms with Gasteiger partial charge >= 0.3 is 6.11 Å². The van der Waals surface area contributed by atoms with Crippen LogP contribution < -0.4 is 5.11 Å². The fourth-order valence-corrected chi connectivity index (χ4v) is 1.07. The molecule has 0 bridgehead atoms. The number of rotatable bonds is 5. The van der Waals surface area contributed by atoms with Gasteiger partial charge in [-0.1, -0.05) is 24.3 Å². The van der Waals surface area contributed by atoms with Gasteiger partial charge < -0.3 is 14.6 Å². The SMILES string of the molecule is CC(=O)c1ccc(COC(F)(F)C(=O)[O-])cc1. The summed E-state index contributed by atoms with van der Waals surface area (Å²) < 4.78 is 28.9. The molecule has 0 unspecified atom stereocenters. The van der Waals surface area contributed by atoms with Crippen molar-refractivity contribution in [3.8, 4) is 0 Å². The summed E-state index contributed by atoms with van der Waals surface area (Å²) in [5, 5.41) is 9.95. The number of carbonyl (C=O) groups excluding carboxylic acids is 2. The summed E-state index contributed by atoms with van der Waals surface area (Å²) in [4.78, 5) is 20.9. The summed E-state index contributed by atoms with van der Waals surface area (Å²) in [6.07, 6.45) is -4.32. The molecule has 1 aromatic rings. The summed E-state index contributed by atoms with van der Waals surface area (Å²) in [7, 11) is 0. The Morgan fingerprint density at radius 3 is 2.24 bits per heavy atom. The molecule has 0 radical (unpaired) electrons. The van der Waals surface area contributed by atoms with E-state index in [9.17, 15) is 23.5 Å². The first kappa shape index (κ1) is 13.2. The van der Waals surface area contributed by atoms with E-state index in [4.69, 9.17) is 0 Å². The maximum Gasteiger partial charge on any atom is 0.397 e. The number of carbonyl (C=O) groups is 2. The smallest absolute Gasteiger partial charge is 0.397 e. The van der Waals surface area contributed by atoms with Crippen molar-refractivity contribution in [2.45, 2.75) is 19.6 Å². The summed E-state index contributed by atoms with van der Waals surface area (Å²) in [6, 6.07) is 5.69. The molecule has 6 heteroatoms. The number of carboxylic acid groups (broad SMARTS) is 1. The second-order valence-corrected chi connectivity index (χ2v) is 3.35. The molecule has 0 fully saturated rings. The Hall–Kier alpha value is -1.82. The van der Waals surface area contributed by atoms with Crippen LogP contribution in [0.2, 0.25) is 0 Å². The van der Waals surface area contributed by atoms with Gasteiger partial charge in [0.1, 0.15) is 5.97 Å². The highest BCUT2D eigenvalue weighted by Crippen LogP contribution is 2.17. The Kier molecular flexibility index (Phi) is 3.90. The number of hydrogen-bond acceptors (Lipinski definition) is 4. The van der Waals surface area contributed by atoms with Crippen molar-refractivity contribution in [2.75, 3.05) is 0 Å². The summed E-state index contributed by atoms with van der Waals surface area (Å²) in [5.74, 6) is -2.74. The van der Waals surface area contributed by atoms with Crippen LogP contribution in [0.4, 0.5) is 8.78 Å². The van der Waals surface area contributed by atoms with Gasteiger partial charge in [0, 0.05) is 5.56 Å². The highest BCUT2D eigenvalue weighted by atomic mass is 19.3. The molecule has 1 rings (SSSR count). The van der Waals surface area contributed by atoms with Gasteiger partial charge in [0.05, 0.1) is 6.61 Å². The lowest BCUT2D eigenvalue weighted by Gasteiger charge is -2.17. The van der Waals surface area contributed by atoms with Crippen molar-refractivity contribution < 1.29 is 28.2 Å². The minimum absolute atomic E-state index is 0.155. The van der Waals surface area contributed by atoms with Gasteiger partial charge in [-0.3, -0.25) is 4.79 Å². The zero-order valence-corrected chi connectivity index (χ0v) is 8.91. The third-order valence-corrected chi connectivity index (χ3v) is 2.02. The molecule has 0 spiro atoms. The third kappa shape index (κ3) is 3.60. The van der Waals surface area contributed by atoms with Crippen LogP contribution in [-0.2, 0) is 16.1 Å². The van der Waals surface area contributed by atoms with Crippen LogP contribution in [0.5, 0.6) is 0 Å². The van der Waals surface area contributed by atoms with Crippen molar-refractivity contribution in [1.82, 2.24) is 0 Å². The van der Waals surface area contributed by atoms with E-state index < -0.39 is 18.7 Å². The van der Waals surface area contributed by atoms with Gasteiger partial charge in [-0.15, -0.1) is 0 Å². The van der Waals surface area contributed by atoms with E-state index in [1.54, 1.807) is 0 Å². The third-order valence-electron chi connectivity index (χ3n) is 2.02. The van der Waals surface area contributed by atoms with Crippen LogP contribution in [0.1, 0.15) is 22.8 Å². The first-order valence-corrected chi connectivity index (χ1v) is 4.66. The quantitative estimate of drug-likeness (QED) is 0.716. The fourth-order valence-electron chi connectivity index (χ4n) is 1.07. The van der Waals surface area contributed by atoms with E-state index in [2.05, 4.69) is 4.74 Å². The predicted octanol–water partition coefficient (Wildman–Crippen LogP) is 0.749. The molecule has 0 heterocycles. The lowest BCUT2D eigenvalue weighted by atomic mass is 10.1. The number of Topliss-reactive ketones (excluding diaryl/α,β-unsaturated/α-hetero) is 1. The van der Waals surface area contributed by atoms with Crippen molar-refractivity contribution in [2.24, 2.45) is 0 Å². The Morgan fingerprint density at radius 2 is 1.82 bits per heavy atom. The molecular weight excluding hydrogens is 234 g/mol.